The van der Waals surface area contributed by atoms with E-state index in [1.54, 1.807) is 18.2 Å². The van der Waals surface area contributed by atoms with Gasteiger partial charge in [-0.05, 0) is 65.6 Å². The molecule has 4 aromatic heterocycles. The molecule has 6 rings (SSSR count). The zero-order valence-electron chi connectivity index (χ0n) is 21.9. The molecule has 1 N–H and O–H groups in total. The number of aryl methyl sites for hydroxylation is 3. The van der Waals surface area contributed by atoms with E-state index in [0.717, 1.165) is 63.8 Å². The molecule has 0 saturated carbocycles. The second-order valence-electron chi connectivity index (χ2n) is 9.55. The molecule has 2 aromatic carbocycles. The molecule has 9 nitrogen and oxygen atoms in total. The minimum absolute atomic E-state index is 0.372. The van der Waals surface area contributed by atoms with E-state index in [-0.39, 0.29) is 0 Å². The van der Waals surface area contributed by atoms with Crippen LogP contribution in [0.3, 0.4) is 0 Å². The Morgan fingerprint density at radius 1 is 0.950 bits per heavy atom. The van der Waals surface area contributed by atoms with Gasteiger partial charge in [0.15, 0.2) is 5.65 Å². The van der Waals surface area contributed by atoms with Crippen LogP contribution in [0.25, 0.3) is 39.4 Å². The average Bonchev–Trinajstić information content (AvgIpc) is 3.70. The summed E-state index contributed by atoms with van der Waals surface area (Å²) in [5.74, 6) is 1.33. The van der Waals surface area contributed by atoms with Crippen LogP contribution in [0, 0.1) is 13.8 Å². The molecule has 0 spiro atoms. The maximum atomic E-state index is 13.2. The van der Waals surface area contributed by atoms with Crippen molar-refractivity contribution in [2.45, 2.75) is 39.9 Å². The molecule has 0 radical (unpaired) electrons. The topological polar surface area (TPSA) is 103 Å². The molecule has 0 aliphatic heterocycles. The summed E-state index contributed by atoms with van der Waals surface area (Å²) in [4.78, 5) is 9.59. The minimum atomic E-state index is -4.48. The van der Waals surface area contributed by atoms with Crippen molar-refractivity contribution in [1.29, 1.82) is 0 Å². The number of aromatic nitrogens is 9. The number of nitrogens with zero attached hydrogens (tertiary/aromatic N) is 8. The number of alkyl halides is 3. The maximum Gasteiger partial charge on any atom is 0.419 e. The van der Waals surface area contributed by atoms with Gasteiger partial charge in [-0.1, -0.05) is 31.2 Å². The van der Waals surface area contributed by atoms with E-state index in [1.807, 2.05) is 44.2 Å². The Labute approximate surface area is 226 Å². The van der Waals surface area contributed by atoms with E-state index >= 15 is 0 Å². The third-order valence-corrected chi connectivity index (χ3v) is 6.79. The first-order chi connectivity index (χ1) is 19.2. The fourth-order valence-electron chi connectivity index (χ4n) is 4.85. The summed E-state index contributed by atoms with van der Waals surface area (Å²) in [6.45, 7) is 6.70. The average molecular weight is 544 g/mol. The van der Waals surface area contributed by atoms with Gasteiger partial charge in [0.1, 0.15) is 11.3 Å². The van der Waals surface area contributed by atoms with Gasteiger partial charge in [0.05, 0.1) is 24.0 Å². The molecular formula is C28H24F3N9. The van der Waals surface area contributed by atoms with E-state index in [2.05, 4.69) is 37.2 Å². The highest BCUT2D eigenvalue weighted by Gasteiger charge is 2.32. The van der Waals surface area contributed by atoms with Gasteiger partial charge in [-0.15, -0.1) is 10.2 Å². The van der Waals surface area contributed by atoms with Crippen LogP contribution in [0.2, 0.25) is 0 Å². The lowest BCUT2D eigenvalue weighted by Gasteiger charge is -2.12. The van der Waals surface area contributed by atoms with Crippen LogP contribution in [0.4, 0.5) is 13.2 Å². The summed E-state index contributed by atoms with van der Waals surface area (Å²) in [5.41, 5.74) is 6.76. The molecule has 0 atom stereocenters. The Kier molecular flexibility index (Phi) is 6.16. The van der Waals surface area contributed by atoms with Gasteiger partial charge in [0.25, 0.3) is 0 Å². The van der Waals surface area contributed by atoms with Crippen molar-refractivity contribution in [3.8, 4) is 28.2 Å². The van der Waals surface area contributed by atoms with Crippen molar-refractivity contribution in [2.75, 3.05) is 0 Å². The fraction of sp³-hybridized carbons (Fsp3) is 0.214. The standard InChI is InChI=1S/C28H24F3N9/c1-4-24-34-25-16(2)11-17(3)33-27(25)39(24)14-18-5-7-19(8-6-18)23-12-21(9-10-22(23)26-35-37-38-36-26)40-15-20(13-32-40)28(29,30)31/h5-13,15H,4,14H2,1-3H3,(H,35,36,37,38). The third kappa shape index (κ3) is 4.61. The number of hydrogen-bond acceptors (Lipinski definition) is 6. The lowest BCUT2D eigenvalue weighted by Crippen LogP contribution is -2.05. The molecule has 6 aromatic rings. The second kappa shape index (κ2) is 9.70. The smallest absolute Gasteiger partial charge is 0.308 e. The van der Waals surface area contributed by atoms with E-state index < -0.39 is 11.7 Å². The molecule has 0 bridgehead atoms. The van der Waals surface area contributed by atoms with Gasteiger partial charge >= 0.3 is 6.18 Å². The number of tetrazole rings is 1. The summed E-state index contributed by atoms with van der Waals surface area (Å²) in [5, 5.41) is 18.2. The van der Waals surface area contributed by atoms with Crippen molar-refractivity contribution in [3.63, 3.8) is 0 Å². The molecule has 0 aliphatic rings. The zero-order valence-corrected chi connectivity index (χ0v) is 21.9. The molecule has 0 unspecified atom stereocenters. The van der Waals surface area contributed by atoms with Crippen LogP contribution in [-0.2, 0) is 19.1 Å². The number of benzene rings is 2. The first-order valence-electron chi connectivity index (χ1n) is 12.6. The third-order valence-electron chi connectivity index (χ3n) is 6.79. The van der Waals surface area contributed by atoms with Crippen molar-refractivity contribution in [2.24, 2.45) is 0 Å². The van der Waals surface area contributed by atoms with Crippen LogP contribution in [0.5, 0.6) is 0 Å². The number of H-pyrrole nitrogens is 1. The van der Waals surface area contributed by atoms with Gasteiger partial charge in [-0.3, -0.25) is 0 Å². The van der Waals surface area contributed by atoms with Crippen LogP contribution in [0.15, 0.2) is 60.9 Å². The summed E-state index contributed by atoms with van der Waals surface area (Å²) in [6, 6.07) is 15.2. The predicted octanol–water partition coefficient (Wildman–Crippen LogP) is 5.71. The summed E-state index contributed by atoms with van der Waals surface area (Å²) >= 11 is 0. The molecule has 12 heteroatoms. The first-order valence-corrected chi connectivity index (χ1v) is 12.6. The first kappa shape index (κ1) is 25.4. The highest BCUT2D eigenvalue weighted by molar-refractivity contribution is 5.82. The molecule has 0 amide bonds. The normalized spacial score (nSPS) is 11.9. The minimum Gasteiger partial charge on any atom is -0.308 e. The molecule has 40 heavy (non-hydrogen) atoms. The number of rotatable bonds is 6. The van der Waals surface area contributed by atoms with E-state index in [1.165, 1.54) is 4.68 Å². The van der Waals surface area contributed by atoms with Gasteiger partial charge in [0, 0.05) is 23.9 Å². The van der Waals surface area contributed by atoms with E-state index in [9.17, 15) is 13.2 Å². The van der Waals surface area contributed by atoms with Crippen molar-refractivity contribution < 1.29 is 13.2 Å². The fourth-order valence-corrected chi connectivity index (χ4v) is 4.85. The van der Waals surface area contributed by atoms with Crippen molar-refractivity contribution >= 4 is 11.2 Å². The van der Waals surface area contributed by atoms with Gasteiger partial charge in [-0.2, -0.15) is 23.5 Å². The number of pyridine rings is 1. The van der Waals surface area contributed by atoms with Crippen LogP contribution in [0.1, 0.15) is 35.1 Å². The predicted molar refractivity (Wildman–Crippen MR) is 143 cm³/mol. The zero-order chi connectivity index (χ0) is 28.0. The van der Waals surface area contributed by atoms with E-state index in [4.69, 9.17) is 9.97 Å². The Morgan fingerprint density at radius 2 is 1.75 bits per heavy atom. The van der Waals surface area contributed by atoms with Gasteiger partial charge in [-0.25, -0.2) is 14.6 Å². The molecule has 0 saturated heterocycles. The number of aromatic amines is 1. The van der Waals surface area contributed by atoms with E-state index in [0.29, 0.717) is 23.6 Å². The number of imidazole rings is 1. The second-order valence-corrected chi connectivity index (χ2v) is 9.55. The maximum absolute atomic E-state index is 13.2. The number of halogens is 3. The monoisotopic (exact) mass is 543 g/mol. The Bertz CT molecular complexity index is 1810. The van der Waals surface area contributed by atoms with Crippen LogP contribution >= 0.6 is 0 Å². The largest absolute Gasteiger partial charge is 0.419 e. The summed E-state index contributed by atoms with van der Waals surface area (Å²) < 4.78 is 42.9. The van der Waals surface area contributed by atoms with Gasteiger partial charge < -0.3 is 4.57 Å². The number of fused-ring (bicyclic) bond motifs is 1. The Hall–Kier alpha value is -4.87. The van der Waals surface area contributed by atoms with Crippen molar-refractivity contribution in [1.82, 2.24) is 44.9 Å². The lowest BCUT2D eigenvalue weighted by atomic mass is 9.97. The summed E-state index contributed by atoms with van der Waals surface area (Å²) in [7, 11) is 0. The summed E-state index contributed by atoms with van der Waals surface area (Å²) in [6.07, 6.45) is -1.93. The Morgan fingerprint density at radius 3 is 2.42 bits per heavy atom. The quantitative estimate of drug-likeness (QED) is 0.289. The van der Waals surface area contributed by atoms with Gasteiger partial charge in [0.2, 0.25) is 5.82 Å². The molecule has 0 aliphatic carbocycles. The Balaban J connectivity index is 1.38. The number of hydrogen-bond donors (Lipinski definition) is 1. The lowest BCUT2D eigenvalue weighted by molar-refractivity contribution is -0.137. The molecule has 0 fully saturated rings. The van der Waals surface area contributed by atoms with Crippen LogP contribution < -0.4 is 0 Å². The van der Waals surface area contributed by atoms with Crippen LogP contribution in [-0.4, -0.2) is 44.9 Å². The molecule has 202 valence electrons. The highest BCUT2D eigenvalue weighted by atomic mass is 19.4. The number of nitrogens with one attached hydrogen (secondary N) is 1. The highest BCUT2D eigenvalue weighted by Crippen LogP contribution is 2.34. The molecular weight excluding hydrogens is 519 g/mol. The molecule has 4 heterocycles. The SMILES string of the molecule is CCc1nc2c(C)cc(C)nc2n1Cc1ccc(-c2cc(-n3cc(C(F)(F)F)cn3)ccc2-c2nn[nH]n2)cc1. The van der Waals surface area contributed by atoms with Crippen molar-refractivity contribution in [3.05, 3.63) is 89.1 Å².